The van der Waals surface area contributed by atoms with Crippen LogP contribution in [-0.4, -0.2) is 43.0 Å². The molecule has 0 bridgehead atoms. The molecule has 5 heteroatoms. The van der Waals surface area contributed by atoms with E-state index in [1.165, 1.54) is 5.56 Å². The maximum Gasteiger partial charge on any atom is 0.245 e. The van der Waals surface area contributed by atoms with E-state index in [-0.39, 0.29) is 24.0 Å². The standard InChI is InChI=1S/C24H28N2O3/c1-29-23(18-8-4-2-5-9-18)19-14-16-25(17-15-19)24(28)21-12-13-22(27)26(21)20-10-6-3-7-11-20/h2-11,19,21,23H,12-17H2,1H3. The summed E-state index contributed by atoms with van der Waals surface area (Å²) in [5.41, 5.74) is 2.00. The maximum atomic E-state index is 13.2. The van der Waals surface area contributed by atoms with Crippen molar-refractivity contribution in [1.29, 1.82) is 0 Å². The number of carbonyl (C=O) groups excluding carboxylic acids is 2. The lowest BCUT2D eigenvalue weighted by Crippen LogP contribution is -2.49. The Morgan fingerprint density at radius 2 is 1.59 bits per heavy atom. The zero-order valence-electron chi connectivity index (χ0n) is 16.9. The number of ether oxygens (including phenoxy) is 1. The molecule has 5 nitrogen and oxygen atoms in total. The SMILES string of the molecule is COC(c1ccccc1)C1CCN(C(=O)C2CCC(=O)N2c2ccccc2)CC1. The number of carbonyl (C=O) groups is 2. The van der Waals surface area contributed by atoms with Gasteiger partial charge in [-0.25, -0.2) is 0 Å². The van der Waals surface area contributed by atoms with E-state index < -0.39 is 0 Å². The van der Waals surface area contributed by atoms with Crippen LogP contribution in [-0.2, 0) is 14.3 Å². The van der Waals surface area contributed by atoms with Gasteiger partial charge in [-0.1, -0.05) is 48.5 Å². The highest BCUT2D eigenvalue weighted by molar-refractivity contribution is 6.03. The lowest BCUT2D eigenvalue weighted by molar-refractivity contribution is -0.135. The zero-order chi connectivity index (χ0) is 20.2. The van der Waals surface area contributed by atoms with E-state index in [0.717, 1.165) is 18.5 Å². The average Bonchev–Trinajstić information content (AvgIpc) is 3.17. The van der Waals surface area contributed by atoms with Crippen LogP contribution in [0.4, 0.5) is 5.69 Å². The van der Waals surface area contributed by atoms with Gasteiger partial charge in [0.1, 0.15) is 6.04 Å². The minimum absolute atomic E-state index is 0.0351. The summed E-state index contributed by atoms with van der Waals surface area (Å²) in [5, 5.41) is 0. The van der Waals surface area contributed by atoms with Gasteiger partial charge in [0.15, 0.2) is 0 Å². The van der Waals surface area contributed by atoms with Crippen LogP contribution in [0.2, 0.25) is 0 Å². The van der Waals surface area contributed by atoms with E-state index in [1.807, 2.05) is 53.4 Å². The molecule has 2 saturated heterocycles. The fourth-order valence-electron chi connectivity index (χ4n) is 4.71. The van der Waals surface area contributed by atoms with Gasteiger partial charge in [-0.15, -0.1) is 0 Å². The van der Waals surface area contributed by atoms with Gasteiger partial charge in [0.2, 0.25) is 11.8 Å². The molecule has 0 aromatic heterocycles. The molecule has 2 unspecified atom stereocenters. The molecule has 0 N–H and O–H groups in total. The third-order valence-electron chi connectivity index (χ3n) is 6.19. The second kappa shape index (κ2) is 8.78. The van der Waals surface area contributed by atoms with E-state index in [4.69, 9.17) is 4.74 Å². The van der Waals surface area contributed by atoms with Gasteiger partial charge in [-0.05, 0) is 42.9 Å². The van der Waals surface area contributed by atoms with Crippen LogP contribution in [0.25, 0.3) is 0 Å². The van der Waals surface area contributed by atoms with Crippen molar-refractivity contribution in [2.75, 3.05) is 25.1 Å². The molecule has 2 aliphatic rings. The molecule has 0 aliphatic carbocycles. The van der Waals surface area contributed by atoms with Crippen molar-refractivity contribution in [3.8, 4) is 0 Å². The van der Waals surface area contributed by atoms with Crippen LogP contribution in [0, 0.1) is 5.92 Å². The number of piperidine rings is 1. The van der Waals surface area contributed by atoms with E-state index in [9.17, 15) is 9.59 Å². The smallest absolute Gasteiger partial charge is 0.245 e. The summed E-state index contributed by atoms with van der Waals surface area (Å²) in [6, 6.07) is 19.5. The number of benzene rings is 2. The number of nitrogens with zero attached hydrogens (tertiary/aromatic N) is 2. The Bertz CT molecular complexity index is 832. The molecule has 4 rings (SSSR count). The summed E-state index contributed by atoms with van der Waals surface area (Å²) in [6.07, 6.45) is 2.90. The molecule has 0 spiro atoms. The van der Waals surface area contributed by atoms with Crippen LogP contribution in [0.15, 0.2) is 60.7 Å². The van der Waals surface area contributed by atoms with E-state index in [1.54, 1.807) is 12.0 Å². The molecule has 0 radical (unpaired) electrons. The Balaban J connectivity index is 1.42. The van der Waals surface area contributed by atoms with Crippen molar-refractivity contribution in [3.63, 3.8) is 0 Å². The van der Waals surface area contributed by atoms with Gasteiger partial charge in [0.05, 0.1) is 6.10 Å². The number of hydrogen-bond acceptors (Lipinski definition) is 3. The number of rotatable bonds is 5. The Labute approximate surface area is 172 Å². The molecular weight excluding hydrogens is 364 g/mol. The van der Waals surface area contributed by atoms with Gasteiger partial charge in [-0.2, -0.15) is 0 Å². The topological polar surface area (TPSA) is 49.9 Å². The zero-order valence-corrected chi connectivity index (χ0v) is 16.9. The monoisotopic (exact) mass is 392 g/mol. The quantitative estimate of drug-likeness (QED) is 0.778. The molecule has 29 heavy (non-hydrogen) atoms. The highest BCUT2D eigenvalue weighted by atomic mass is 16.5. The second-order valence-corrected chi connectivity index (χ2v) is 7.88. The summed E-state index contributed by atoms with van der Waals surface area (Å²) in [6.45, 7) is 1.42. The Kier molecular flexibility index (Phi) is 5.95. The van der Waals surface area contributed by atoms with Gasteiger partial charge in [0, 0.05) is 32.3 Å². The van der Waals surface area contributed by atoms with E-state index in [0.29, 0.717) is 31.8 Å². The number of hydrogen-bond donors (Lipinski definition) is 0. The van der Waals surface area contributed by atoms with Crippen molar-refractivity contribution in [3.05, 3.63) is 66.2 Å². The first-order chi connectivity index (χ1) is 14.2. The molecule has 2 aliphatic heterocycles. The molecule has 2 atom stereocenters. The largest absolute Gasteiger partial charge is 0.376 e. The minimum Gasteiger partial charge on any atom is -0.376 e. The number of likely N-dealkylation sites (tertiary alicyclic amines) is 1. The van der Waals surface area contributed by atoms with Crippen molar-refractivity contribution in [2.45, 2.75) is 37.8 Å². The molecule has 152 valence electrons. The van der Waals surface area contributed by atoms with E-state index in [2.05, 4.69) is 12.1 Å². The molecule has 0 saturated carbocycles. The number of amides is 2. The van der Waals surface area contributed by atoms with Crippen LogP contribution in [0.1, 0.15) is 37.4 Å². The van der Waals surface area contributed by atoms with Crippen LogP contribution >= 0.6 is 0 Å². The highest BCUT2D eigenvalue weighted by Gasteiger charge is 2.40. The molecule has 2 amide bonds. The lowest BCUT2D eigenvalue weighted by Gasteiger charge is -2.38. The maximum absolute atomic E-state index is 13.2. The Morgan fingerprint density at radius 3 is 2.21 bits per heavy atom. The molecule has 2 aromatic rings. The first kappa shape index (κ1) is 19.6. The number of anilines is 1. The molecular formula is C24H28N2O3. The first-order valence-corrected chi connectivity index (χ1v) is 10.4. The third-order valence-corrected chi connectivity index (χ3v) is 6.19. The Morgan fingerprint density at radius 1 is 0.966 bits per heavy atom. The third kappa shape index (κ3) is 4.06. The van der Waals surface area contributed by atoms with Gasteiger partial charge < -0.3 is 9.64 Å². The van der Waals surface area contributed by atoms with Crippen LogP contribution < -0.4 is 4.90 Å². The molecule has 2 heterocycles. The molecule has 2 fully saturated rings. The predicted octanol–water partition coefficient (Wildman–Crippen LogP) is 3.81. The fourth-order valence-corrected chi connectivity index (χ4v) is 4.71. The van der Waals surface area contributed by atoms with Crippen molar-refractivity contribution >= 4 is 17.5 Å². The van der Waals surface area contributed by atoms with Crippen molar-refractivity contribution in [2.24, 2.45) is 5.92 Å². The van der Waals surface area contributed by atoms with Gasteiger partial charge in [-0.3, -0.25) is 14.5 Å². The van der Waals surface area contributed by atoms with Crippen LogP contribution in [0.5, 0.6) is 0 Å². The first-order valence-electron chi connectivity index (χ1n) is 10.4. The molecule has 2 aromatic carbocycles. The normalized spacial score (nSPS) is 21.4. The number of para-hydroxylation sites is 1. The van der Waals surface area contributed by atoms with Crippen molar-refractivity contribution in [1.82, 2.24) is 4.90 Å². The minimum atomic E-state index is -0.381. The summed E-state index contributed by atoms with van der Waals surface area (Å²) >= 11 is 0. The summed E-state index contributed by atoms with van der Waals surface area (Å²) in [5.74, 6) is 0.502. The Hall–Kier alpha value is -2.66. The number of methoxy groups -OCH3 is 1. The lowest BCUT2D eigenvalue weighted by atomic mass is 9.87. The van der Waals surface area contributed by atoms with Crippen molar-refractivity contribution < 1.29 is 14.3 Å². The summed E-state index contributed by atoms with van der Waals surface area (Å²) in [4.78, 5) is 29.3. The van der Waals surface area contributed by atoms with E-state index >= 15 is 0 Å². The predicted molar refractivity (Wildman–Crippen MR) is 112 cm³/mol. The summed E-state index contributed by atoms with van der Waals surface area (Å²) in [7, 11) is 1.76. The summed E-state index contributed by atoms with van der Waals surface area (Å²) < 4.78 is 5.80. The van der Waals surface area contributed by atoms with Crippen LogP contribution in [0.3, 0.4) is 0 Å². The van der Waals surface area contributed by atoms with Gasteiger partial charge in [0.25, 0.3) is 0 Å². The highest BCUT2D eigenvalue weighted by Crippen LogP contribution is 2.34. The van der Waals surface area contributed by atoms with Gasteiger partial charge >= 0.3 is 0 Å². The second-order valence-electron chi connectivity index (χ2n) is 7.88. The fraction of sp³-hybridized carbons (Fsp3) is 0.417. The average molecular weight is 392 g/mol.